The molecular weight excluding hydrogens is 380 g/mol. The van der Waals surface area contributed by atoms with E-state index in [-0.39, 0.29) is 0 Å². The number of aliphatic carboxylic acids is 1. The Labute approximate surface area is 161 Å². The number of carbonyl (C=O) groups is 4. The fourth-order valence-electron chi connectivity index (χ4n) is 1.90. The third kappa shape index (κ3) is 9.04. The van der Waals surface area contributed by atoms with Crippen molar-refractivity contribution in [2.24, 2.45) is 5.73 Å². The highest BCUT2D eigenvalue weighted by Crippen LogP contribution is 2.00. The Bertz CT molecular complexity index is 532. The van der Waals surface area contributed by atoms with Crippen molar-refractivity contribution in [3.05, 3.63) is 0 Å². The van der Waals surface area contributed by atoms with Gasteiger partial charge in [-0.2, -0.15) is 11.8 Å². The van der Waals surface area contributed by atoms with Crippen LogP contribution in [0.4, 0.5) is 0 Å². The first-order valence-corrected chi connectivity index (χ1v) is 9.61. The van der Waals surface area contributed by atoms with E-state index in [1.807, 2.05) is 6.26 Å². The number of carboxylic acid groups (broad SMARTS) is 1. The van der Waals surface area contributed by atoms with Crippen molar-refractivity contribution in [2.75, 3.05) is 18.6 Å². The second-order valence-electron chi connectivity index (χ2n) is 5.93. The van der Waals surface area contributed by atoms with Crippen molar-refractivity contribution in [3.63, 3.8) is 0 Å². The molecule has 27 heavy (non-hydrogen) atoms. The first-order valence-electron chi connectivity index (χ1n) is 8.22. The smallest absolute Gasteiger partial charge is 0.328 e. The van der Waals surface area contributed by atoms with Crippen LogP contribution in [0.3, 0.4) is 0 Å². The third-order valence-electron chi connectivity index (χ3n) is 3.58. The van der Waals surface area contributed by atoms with Gasteiger partial charge in [0.15, 0.2) is 6.04 Å². The fourth-order valence-corrected chi connectivity index (χ4v) is 2.38. The number of hydrogen-bond donors (Lipinski definition) is 7. The highest BCUT2D eigenvalue weighted by Gasteiger charge is 2.29. The maximum Gasteiger partial charge on any atom is 0.328 e. The lowest BCUT2D eigenvalue weighted by molar-refractivity contribution is -0.145. The van der Waals surface area contributed by atoms with Crippen LogP contribution < -0.4 is 21.7 Å². The molecule has 0 radical (unpaired) electrons. The van der Waals surface area contributed by atoms with Crippen LogP contribution in [0, 0.1) is 0 Å². The van der Waals surface area contributed by atoms with Gasteiger partial charge in [-0.1, -0.05) is 0 Å². The Hall–Kier alpha value is -1.89. The second kappa shape index (κ2) is 12.5. The molecule has 0 aliphatic carbocycles. The summed E-state index contributed by atoms with van der Waals surface area (Å²) >= 11 is 1.51. The van der Waals surface area contributed by atoms with Gasteiger partial charge in [-0.3, -0.25) is 14.4 Å². The Morgan fingerprint density at radius 2 is 1.63 bits per heavy atom. The molecule has 8 N–H and O–H groups in total. The molecule has 0 rings (SSSR count). The van der Waals surface area contributed by atoms with Crippen LogP contribution in [-0.2, 0) is 19.2 Å². The summed E-state index contributed by atoms with van der Waals surface area (Å²) in [5.74, 6) is -3.09. The lowest BCUT2D eigenvalue weighted by Crippen LogP contribution is -2.58. The Morgan fingerprint density at radius 1 is 1.04 bits per heavy atom. The standard InChI is InChI=1S/C15H28N4O7S/c1-7(12(22)19-11(8(2)21)15(25)26)17-14(24)10(6-20)18-13(23)9(16)4-5-27-3/h7-11,20-21H,4-6,16H2,1-3H3,(H,17,24)(H,18,23)(H,19,22)(H,25,26). The normalized spacial score (nSPS) is 16.4. The summed E-state index contributed by atoms with van der Waals surface area (Å²) in [4.78, 5) is 47.0. The van der Waals surface area contributed by atoms with Gasteiger partial charge < -0.3 is 37.0 Å². The van der Waals surface area contributed by atoms with Gasteiger partial charge in [0.1, 0.15) is 12.1 Å². The zero-order valence-corrected chi connectivity index (χ0v) is 16.3. The maximum absolute atomic E-state index is 12.1. The van der Waals surface area contributed by atoms with Crippen LogP contribution in [0.5, 0.6) is 0 Å². The van der Waals surface area contributed by atoms with Crippen LogP contribution in [0.15, 0.2) is 0 Å². The van der Waals surface area contributed by atoms with Gasteiger partial charge >= 0.3 is 5.97 Å². The molecule has 0 aromatic heterocycles. The van der Waals surface area contributed by atoms with E-state index in [1.165, 1.54) is 25.6 Å². The Balaban J connectivity index is 4.74. The van der Waals surface area contributed by atoms with Crippen LogP contribution >= 0.6 is 11.8 Å². The van der Waals surface area contributed by atoms with E-state index in [4.69, 9.17) is 10.8 Å². The topological polar surface area (TPSA) is 191 Å². The molecular formula is C15H28N4O7S. The van der Waals surface area contributed by atoms with Gasteiger partial charge in [0.25, 0.3) is 0 Å². The number of nitrogens with one attached hydrogen (secondary N) is 3. The summed E-state index contributed by atoms with van der Waals surface area (Å²) in [6, 6.07) is -4.88. The molecule has 0 heterocycles. The SMILES string of the molecule is CSCCC(N)C(=O)NC(CO)C(=O)NC(C)C(=O)NC(C(=O)O)C(C)O. The monoisotopic (exact) mass is 408 g/mol. The highest BCUT2D eigenvalue weighted by molar-refractivity contribution is 7.98. The molecule has 156 valence electrons. The third-order valence-corrected chi connectivity index (χ3v) is 4.23. The molecule has 0 saturated carbocycles. The lowest BCUT2D eigenvalue weighted by atomic mass is 10.1. The quantitative estimate of drug-likeness (QED) is 0.176. The molecule has 0 aliphatic rings. The summed E-state index contributed by atoms with van der Waals surface area (Å²) in [7, 11) is 0. The lowest BCUT2D eigenvalue weighted by Gasteiger charge is -2.23. The molecule has 0 fully saturated rings. The van der Waals surface area contributed by atoms with Gasteiger partial charge in [-0.25, -0.2) is 4.79 Å². The number of aliphatic hydroxyl groups is 2. The minimum Gasteiger partial charge on any atom is -0.480 e. The number of carbonyl (C=O) groups excluding carboxylic acids is 3. The number of aliphatic hydroxyl groups excluding tert-OH is 2. The van der Waals surface area contributed by atoms with Crippen LogP contribution in [0.25, 0.3) is 0 Å². The minimum atomic E-state index is -1.54. The Kier molecular flexibility index (Phi) is 11.6. The van der Waals surface area contributed by atoms with E-state index in [2.05, 4.69) is 16.0 Å². The van der Waals surface area contributed by atoms with Crippen LogP contribution in [0.2, 0.25) is 0 Å². The zero-order chi connectivity index (χ0) is 21.1. The van der Waals surface area contributed by atoms with E-state index in [0.717, 1.165) is 0 Å². The van der Waals surface area contributed by atoms with E-state index < -0.39 is 60.6 Å². The predicted molar refractivity (Wildman–Crippen MR) is 98.8 cm³/mol. The van der Waals surface area contributed by atoms with Gasteiger partial charge in [0, 0.05) is 0 Å². The van der Waals surface area contributed by atoms with Gasteiger partial charge in [0.05, 0.1) is 18.8 Å². The fraction of sp³-hybridized carbons (Fsp3) is 0.733. The summed E-state index contributed by atoms with van der Waals surface area (Å²) < 4.78 is 0. The average Bonchev–Trinajstić information content (AvgIpc) is 2.60. The molecule has 0 aliphatic heterocycles. The number of rotatable bonds is 12. The molecule has 0 aromatic carbocycles. The average molecular weight is 408 g/mol. The molecule has 3 amide bonds. The van der Waals surface area contributed by atoms with Crippen molar-refractivity contribution in [1.29, 1.82) is 0 Å². The largest absolute Gasteiger partial charge is 0.480 e. The van der Waals surface area contributed by atoms with Crippen molar-refractivity contribution in [3.8, 4) is 0 Å². The summed E-state index contributed by atoms with van der Waals surface area (Å²) in [5.41, 5.74) is 5.69. The Morgan fingerprint density at radius 3 is 2.07 bits per heavy atom. The molecule has 0 aromatic rings. The molecule has 0 saturated heterocycles. The minimum absolute atomic E-state index is 0.390. The zero-order valence-electron chi connectivity index (χ0n) is 15.5. The van der Waals surface area contributed by atoms with Crippen molar-refractivity contribution >= 4 is 35.5 Å². The van der Waals surface area contributed by atoms with Crippen LogP contribution in [0.1, 0.15) is 20.3 Å². The first-order chi connectivity index (χ1) is 12.5. The van der Waals surface area contributed by atoms with E-state index in [0.29, 0.717) is 12.2 Å². The van der Waals surface area contributed by atoms with Crippen molar-refractivity contribution in [2.45, 2.75) is 50.5 Å². The molecule has 0 spiro atoms. The molecule has 5 atom stereocenters. The molecule has 12 heteroatoms. The number of thioether (sulfide) groups is 1. The van der Waals surface area contributed by atoms with Gasteiger partial charge in [-0.15, -0.1) is 0 Å². The number of nitrogens with two attached hydrogens (primary N) is 1. The molecule has 11 nitrogen and oxygen atoms in total. The summed E-state index contributed by atoms with van der Waals surface area (Å²) in [5, 5.41) is 34.2. The summed E-state index contributed by atoms with van der Waals surface area (Å²) in [6.07, 6.45) is 0.899. The van der Waals surface area contributed by atoms with Crippen LogP contribution in [-0.4, -0.2) is 87.9 Å². The second-order valence-corrected chi connectivity index (χ2v) is 6.91. The number of amides is 3. The van der Waals surface area contributed by atoms with Crippen molar-refractivity contribution < 1.29 is 34.5 Å². The number of hydrogen-bond acceptors (Lipinski definition) is 8. The van der Waals surface area contributed by atoms with E-state index in [1.54, 1.807) is 0 Å². The first kappa shape index (κ1) is 25.1. The summed E-state index contributed by atoms with van der Waals surface area (Å²) in [6.45, 7) is 1.77. The highest BCUT2D eigenvalue weighted by atomic mass is 32.2. The van der Waals surface area contributed by atoms with E-state index >= 15 is 0 Å². The number of carboxylic acids is 1. The van der Waals surface area contributed by atoms with E-state index in [9.17, 15) is 29.4 Å². The van der Waals surface area contributed by atoms with Gasteiger partial charge in [-0.05, 0) is 32.3 Å². The molecule has 0 bridgehead atoms. The predicted octanol–water partition coefficient (Wildman–Crippen LogP) is -3.00. The van der Waals surface area contributed by atoms with Gasteiger partial charge in [0.2, 0.25) is 17.7 Å². The molecule has 5 unspecified atom stereocenters. The van der Waals surface area contributed by atoms with Crippen molar-refractivity contribution in [1.82, 2.24) is 16.0 Å². The maximum atomic E-state index is 12.1.